The Hall–Kier alpha value is -2.13. The van der Waals surface area contributed by atoms with Gasteiger partial charge in [0, 0.05) is 23.0 Å². The first-order valence-electron chi connectivity index (χ1n) is 5.57. The number of fused-ring (bicyclic) bond motifs is 3. The van der Waals surface area contributed by atoms with Crippen molar-refractivity contribution in [1.29, 1.82) is 0 Å². The Morgan fingerprint density at radius 2 is 1.83 bits per heavy atom. The van der Waals surface area contributed by atoms with Gasteiger partial charge >= 0.3 is 0 Å². The van der Waals surface area contributed by atoms with E-state index in [2.05, 4.69) is 4.98 Å². The first kappa shape index (κ1) is 9.85. The van der Waals surface area contributed by atoms with E-state index in [1.165, 1.54) is 6.07 Å². The summed E-state index contributed by atoms with van der Waals surface area (Å²) in [7, 11) is 0. The predicted octanol–water partition coefficient (Wildman–Crippen LogP) is 3.09. The van der Waals surface area contributed by atoms with Crippen LogP contribution in [0.3, 0.4) is 0 Å². The van der Waals surface area contributed by atoms with E-state index in [1.54, 1.807) is 22.7 Å². The Morgan fingerprint density at radius 1 is 1.00 bits per heavy atom. The van der Waals surface area contributed by atoms with Crippen LogP contribution >= 0.6 is 11.6 Å². The molecule has 0 fully saturated rings. The highest BCUT2D eigenvalue weighted by Crippen LogP contribution is 2.32. The summed E-state index contributed by atoms with van der Waals surface area (Å²) in [6.07, 6.45) is 1.75. The summed E-state index contributed by atoms with van der Waals surface area (Å²) in [6.45, 7) is 0. The first-order valence-corrected chi connectivity index (χ1v) is 5.95. The Bertz CT molecular complexity index is 958. The molecule has 0 amide bonds. The van der Waals surface area contributed by atoms with Crippen LogP contribution in [0, 0.1) is 0 Å². The number of hydrogen-bond donors (Lipinski definition) is 0. The van der Waals surface area contributed by atoms with Crippen molar-refractivity contribution < 1.29 is 0 Å². The Labute approximate surface area is 107 Å². The van der Waals surface area contributed by atoms with E-state index >= 15 is 0 Å². The normalized spacial score (nSPS) is 11.8. The van der Waals surface area contributed by atoms with Crippen LogP contribution in [0.15, 0.2) is 47.4 Å². The van der Waals surface area contributed by atoms with E-state index in [0.717, 1.165) is 27.3 Å². The van der Waals surface area contributed by atoms with E-state index in [4.69, 9.17) is 11.6 Å². The largest absolute Gasteiger partial charge is 0.273 e. The summed E-state index contributed by atoms with van der Waals surface area (Å²) in [6, 6.07) is 10.9. The van der Waals surface area contributed by atoms with Gasteiger partial charge in [-0.05, 0) is 18.2 Å². The van der Waals surface area contributed by atoms with Gasteiger partial charge < -0.3 is 0 Å². The second kappa shape index (κ2) is 3.21. The molecule has 3 nitrogen and oxygen atoms in total. The van der Waals surface area contributed by atoms with E-state index in [0.29, 0.717) is 5.02 Å². The van der Waals surface area contributed by atoms with Crippen molar-refractivity contribution in [3.63, 3.8) is 0 Å². The average Bonchev–Trinajstić information content (AvgIpc) is 2.73. The fraction of sp³-hybridized carbons (Fsp3) is 0. The van der Waals surface area contributed by atoms with Crippen molar-refractivity contribution in [2.24, 2.45) is 0 Å². The van der Waals surface area contributed by atoms with Crippen molar-refractivity contribution in [2.75, 3.05) is 0 Å². The number of aromatic nitrogens is 2. The van der Waals surface area contributed by atoms with Crippen LogP contribution in [0.25, 0.3) is 27.3 Å². The zero-order valence-electron chi connectivity index (χ0n) is 9.22. The van der Waals surface area contributed by atoms with Gasteiger partial charge in [-0.3, -0.25) is 14.2 Å². The standard InChI is InChI=1S/C14H7ClN2O/c15-10-3-1-2-8-9-6-7-16-11-4-5-12(18)17(13(8)10)14(9)11/h1-7H. The molecule has 0 aliphatic carbocycles. The number of halogens is 1. The van der Waals surface area contributed by atoms with Crippen LogP contribution in [-0.4, -0.2) is 9.38 Å². The van der Waals surface area contributed by atoms with Crippen molar-refractivity contribution in [1.82, 2.24) is 9.38 Å². The summed E-state index contributed by atoms with van der Waals surface area (Å²) in [4.78, 5) is 16.4. The fourth-order valence-corrected chi connectivity index (χ4v) is 2.82. The molecule has 0 radical (unpaired) electrons. The topological polar surface area (TPSA) is 34.4 Å². The van der Waals surface area contributed by atoms with Crippen LogP contribution in [-0.2, 0) is 0 Å². The lowest BCUT2D eigenvalue weighted by atomic mass is 10.2. The van der Waals surface area contributed by atoms with Crippen molar-refractivity contribution >= 4 is 38.9 Å². The van der Waals surface area contributed by atoms with Crippen molar-refractivity contribution in [2.45, 2.75) is 0 Å². The van der Waals surface area contributed by atoms with Crippen molar-refractivity contribution in [3.8, 4) is 0 Å². The summed E-state index contributed by atoms with van der Waals surface area (Å²) in [5, 5.41) is 2.58. The lowest BCUT2D eigenvalue weighted by molar-refractivity contribution is 1.17. The van der Waals surface area contributed by atoms with Gasteiger partial charge in [0.05, 0.1) is 21.6 Å². The number of nitrogens with zero attached hydrogens (tertiary/aromatic N) is 2. The van der Waals surface area contributed by atoms with Crippen LogP contribution in [0.5, 0.6) is 0 Å². The second-order valence-corrected chi connectivity index (χ2v) is 4.64. The molecular weight excluding hydrogens is 248 g/mol. The number of hydrogen-bond acceptors (Lipinski definition) is 2. The average molecular weight is 255 g/mol. The van der Waals surface area contributed by atoms with Gasteiger partial charge in [0.25, 0.3) is 5.56 Å². The molecule has 0 unspecified atom stereocenters. The van der Waals surface area contributed by atoms with Crippen LogP contribution in [0.2, 0.25) is 5.02 Å². The molecule has 86 valence electrons. The molecule has 0 saturated carbocycles. The maximum atomic E-state index is 12.1. The molecule has 0 N–H and O–H groups in total. The maximum Gasteiger partial charge on any atom is 0.255 e. The Kier molecular flexibility index (Phi) is 1.76. The monoisotopic (exact) mass is 254 g/mol. The zero-order valence-corrected chi connectivity index (χ0v) is 9.98. The van der Waals surface area contributed by atoms with E-state index < -0.39 is 0 Å². The molecule has 0 aliphatic rings. The molecule has 18 heavy (non-hydrogen) atoms. The third kappa shape index (κ3) is 1.05. The summed E-state index contributed by atoms with van der Waals surface area (Å²) in [5.41, 5.74) is 2.33. The van der Waals surface area contributed by atoms with Gasteiger partial charge in [0.15, 0.2) is 0 Å². The van der Waals surface area contributed by atoms with Crippen LogP contribution in [0.4, 0.5) is 0 Å². The molecule has 0 spiro atoms. The summed E-state index contributed by atoms with van der Waals surface area (Å²) in [5.74, 6) is 0. The number of benzene rings is 1. The molecule has 0 bridgehead atoms. The van der Waals surface area contributed by atoms with E-state index in [1.807, 2.05) is 18.2 Å². The maximum absolute atomic E-state index is 12.1. The van der Waals surface area contributed by atoms with Gasteiger partial charge in [0.2, 0.25) is 0 Å². The minimum absolute atomic E-state index is 0.0800. The molecule has 4 aromatic rings. The second-order valence-electron chi connectivity index (χ2n) is 4.24. The highest BCUT2D eigenvalue weighted by Gasteiger charge is 2.14. The molecule has 0 atom stereocenters. The molecule has 0 saturated heterocycles. The molecule has 0 aliphatic heterocycles. The number of pyridine rings is 2. The van der Waals surface area contributed by atoms with Gasteiger partial charge in [-0.15, -0.1) is 0 Å². The van der Waals surface area contributed by atoms with E-state index in [9.17, 15) is 4.79 Å². The highest BCUT2D eigenvalue weighted by atomic mass is 35.5. The first-order chi connectivity index (χ1) is 8.77. The van der Waals surface area contributed by atoms with Gasteiger partial charge in [-0.2, -0.15) is 0 Å². The molecule has 3 heterocycles. The van der Waals surface area contributed by atoms with E-state index in [-0.39, 0.29) is 5.56 Å². The Balaban J connectivity index is 2.57. The highest BCUT2D eigenvalue weighted by molar-refractivity contribution is 6.36. The Morgan fingerprint density at radius 3 is 2.72 bits per heavy atom. The lowest BCUT2D eigenvalue weighted by Crippen LogP contribution is -2.10. The van der Waals surface area contributed by atoms with Gasteiger partial charge in [-0.25, -0.2) is 0 Å². The molecule has 4 heteroatoms. The van der Waals surface area contributed by atoms with Gasteiger partial charge in [-0.1, -0.05) is 23.7 Å². The molecule has 1 aromatic carbocycles. The predicted molar refractivity (Wildman–Crippen MR) is 72.7 cm³/mol. The molecule has 3 aromatic heterocycles. The van der Waals surface area contributed by atoms with Crippen molar-refractivity contribution in [3.05, 3.63) is 58.0 Å². The number of rotatable bonds is 0. The van der Waals surface area contributed by atoms with Gasteiger partial charge in [0.1, 0.15) is 0 Å². The minimum atomic E-state index is -0.0800. The smallest absolute Gasteiger partial charge is 0.255 e. The fourth-order valence-electron chi connectivity index (χ4n) is 2.56. The minimum Gasteiger partial charge on any atom is -0.273 e. The third-order valence-electron chi connectivity index (χ3n) is 3.28. The molecule has 4 rings (SSSR count). The quantitative estimate of drug-likeness (QED) is 0.483. The molecular formula is C14H7ClN2O. The third-order valence-corrected chi connectivity index (χ3v) is 3.59. The lowest BCUT2D eigenvalue weighted by Gasteiger charge is -1.98. The summed E-state index contributed by atoms with van der Waals surface area (Å²) >= 11 is 6.24. The number of para-hydroxylation sites is 1. The summed E-state index contributed by atoms with van der Waals surface area (Å²) < 4.78 is 1.65. The van der Waals surface area contributed by atoms with Crippen LogP contribution in [0.1, 0.15) is 0 Å². The van der Waals surface area contributed by atoms with Crippen LogP contribution < -0.4 is 5.56 Å². The zero-order chi connectivity index (χ0) is 12.3. The SMILES string of the molecule is O=c1ccc2nccc3c4cccc(Cl)c4n1c23.